The van der Waals surface area contributed by atoms with Gasteiger partial charge in [0, 0.05) is 12.8 Å². The lowest BCUT2D eigenvalue weighted by atomic mass is 10.1. The quantitative estimate of drug-likeness (QED) is 0.529. The molecule has 9 heavy (non-hydrogen) atoms. The predicted molar refractivity (Wildman–Crippen MR) is 35.3 cm³/mol. The first-order valence-corrected chi connectivity index (χ1v) is 2.78. The van der Waals surface area contributed by atoms with E-state index in [2.05, 4.69) is 4.99 Å². The van der Waals surface area contributed by atoms with Gasteiger partial charge in [-0.1, -0.05) is 0 Å². The zero-order chi connectivity index (χ0) is 6.69. The maximum Gasteiger partial charge on any atom is 0.249 e. The summed E-state index contributed by atoms with van der Waals surface area (Å²) in [5.74, 6) is -0.0991. The molecule has 0 radical (unpaired) electrons. The highest BCUT2D eigenvalue weighted by Crippen LogP contribution is 2.03. The van der Waals surface area contributed by atoms with Crippen LogP contribution < -0.4 is 5.73 Å². The third-order valence-electron chi connectivity index (χ3n) is 1.17. The number of amides is 1. The summed E-state index contributed by atoms with van der Waals surface area (Å²) in [6.07, 6.45) is 3.67. The molecule has 3 heteroatoms. The number of hydrogen-bond acceptors (Lipinski definition) is 2. The monoisotopic (exact) mass is 124 g/mol. The van der Waals surface area contributed by atoms with E-state index in [0.29, 0.717) is 13.0 Å². The fraction of sp³-hybridized carbons (Fsp3) is 0.333. The average Bonchev–Trinajstić information content (AvgIpc) is 1.88. The van der Waals surface area contributed by atoms with Gasteiger partial charge in [-0.25, -0.2) is 4.99 Å². The highest BCUT2D eigenvalue weighted by molar-refractivity contribution is 5.93. The molecule has 1 aliphatic heterocycles. The Hall–Kier alpha value is -0.960. The largest absolute Gasteiger partial charge is 0.327 e. The summed E-state index contributed by atoms with van der Waals surface area (Å²) in [7, 11) is 0. The van der Waals surface area contributed by atoms with Crippen molar-refractivity contribution < 1.29 is 4.79 Å². The number of carbonyl (C=O) groups excluding carboxylic acids is 1. The minimum Gasteiger partial charge on any atom is -0.327 e. The van der Waals surface area contributed by atoms with Crippen LogP contribution in [0, 0.1) is 0 Å². The normalized spacial score (nSPS) is 17.9. The number of nitrogens with two attached hydrogens (primary N) is 1. The van der Waals surface area contributed by atoms with Gasteiger partial charge < -0.3 is 5.73 Å². The zero-order valence-electron chi connectivity index (χ0n) is 5.00. The summed E-state index contributed by atoms with van der Waals surface area (Å²) in [5, 5.41) is 0. The van der Waals surface area contributed by atoms with Gasteiger partial charge in [-0.3, -0.25) is 4.79 Å². The van der Waals surface area contributed by atoms with Crippen molar-refractivity contribution in [2.75, 3.05) is 6.54 Å². The minimum atomic E-state index is -0.0991. The molecule has 0 atom stereocenters. The van der Waals surface area contributed by atoms with Gasteiger partial charge in [0.1, 0.15) is 0 Å². The number of aliphatic imine (C=N–C) groups is 1. The topological polar surface area (TPSA) is 55.4 Å². The van der Waals surface area contributed by atoms with E-state index in [4.69, 9.17) is 5.73 Å². The molecular weight excluding hydrogens is 116 g/mol. The summed E-state index contributed by atoms with van der Waals surface area (Å²) in [4.78, 5) is 14.1. The van der Waals surface area contributed by atoms with Crippen LogP contribution in [0.1, 0.15) is 6.42 Å². The Kier molecular flexibility index (Phi) is 1.75. The average molecular weight is 124 g/mol. The molecule has 0 saturated carbocycles. The Labute approximate surface area is 53.3 Å². The van der Waals surface area contributed by atoms with Gasteiger partial charge in [0.25, 0.3) is 0 Å². The Morgan fingerprint density at radius 3 is 3.00 bits per heavy atom. The van der Waals surface area contributed by atoms with Crippen LogP contribution in [0.25, 0.3) is 0 Å². The Bertz CT molecular complexity index is 181. The van der Waals surface area contributed by atoms with Gasteiger partial charge in [0.2, 0.25) is 5.91 Å². The molecule has 0 aromatic heterocycles. The predicted octanol–water partition coefficient (Wildman–Crippen LogP) is -0.127. The van der Waals surface area contributed by atoms with Crippen molar-refractivity contribution in [1.29, 1.82) is 0 Å². The van der Waals surface area contributed by atoms with E-state index in [0.717, 1.165) is 5.57 Å². The van der Waals surface area contributed by atoms with Gasteiger partial charge in [-0.05, 0) is 11.6 Å². The van der Waals surface area contributed by atoms with E-state index in [1.54, 1.807) is 6.08 Å². The molecule has 48 valence electrons. The number of nitrogens with zero attached hydrogens (tertiary/aromatic N) is 1. The molecule has 1 rings (SSSR count). The van der Waals surface area contributed by atoms with Crippen LogP contribution in [0.2, 0.25) is 0 Å². The van der Waals surface area contributed by atoms with Crippen molar-refractivity contribution in [2.45, 2.75) is 6.42 Å². The van der Waals surface area contributed by atoms with Crippen LogP contribution in [0.4, 0.5) is 0 Å². The summed E-state index contributed by atoms with van der Waals surface area (Å²) >= 11 is 0. The lowest BCUT2D eigenvalue weighted by Gasteiger charge is -2.01. The Morgan fingerprint density at radius 1 is 1.78 bits per heavy atom. The van der Waals surface area contributed by atoms with Crippen LogP contribution >= 0.6 is 0 Å². The van der Waals surface area contributed by atoms with E-state index >= 15 is 0 Å². The standard InChI is InChI=1S/C6H8N2O/c7-4-5-1-2-8-6(9)3-5/h1-2H,3-4,7H2. The molecule has 1 heterocycles. The molecule has 0 spiro atoms. The number of dihydropyridines is 1. The molecule has 2 N–H and O–H groups in total. The molecule has 1 amide bonds. The fourth-order valence-corrected chi connectivity index (χ4v) is 0.665. The second kappa shape index (κ2) is 2.55. The van der Waals surface area contributed by atoms with Crippen molar-refractivity contribution in [3.63, 3.8) is 0 Å². The van der Waals surface area contributed by atoms with E-state index in [1.165, 1.54) is 6.21 Å². The van der Waals surface area contributed by atoms with Gasteiger partial charge >= 0.3 is 0 Å². The Morgan fingerprint density at radius 2 is 2.56 bits per heavy atom. The van der Waals surface area contributed by atoms with Gasteiger partial charge in [0.05, 0.1) is 6.42 Å². The smallest absolute Gasteiger partial charge is 0.249 e. The lowest BCUT2D eigenvalue weighted by Crippen LogP contribution is -2.10. The third kappa shape index (κ3) is 1.47. The third-order valence-corrected chi connectivity index (χ3v) is 1.17. The number of allylic oxidation sites excluding steroid dienone is 1. The molecule has 1 aliphatic rings. The SMILES string of the molecule is NCC1=CC=NC(=O)C1. The van der Waals surface area contributed by atoms with E-state index in [-0.39, 0.29) is 5.91 Å². The molecule has 0 aromatic rings. The summed E-state index contributed by atoms with van der Waals surface area (Å²) < 4.78 is 0. The Balaban J connectivity index is 2.65. The maximum atomic E-state index is 10.5. The molecule has 0 aliphatic carbocycles. The van der Waals surface area contributed by atoms with E-state index in [1.807, 2.05) is 0 Å². The first kappa shape index (κ1) is 6.16. The molecule has 0 saturated heterocycles. The first-order chi connectivity index (χ1) is 4.33. The molecule has 0 unspecified atom stereocenters. The van der Waals surface area contributed by atoms with Crippen molar-refractivity contribution in [3.8, 4) is 0 Å². The molecule has 0 aromatic carbocycles. The van der Waals surface area contributed by atoms with Crippen molar-refractivity contribution in [2.24, 2.45) is 10.7 Å². The van der Waals surface area contributed by atoms with Crippen LogP contribution in [0.3, 0.4) is 0 Å². The van der Waals surface area contributed by atoms with E-state index < -0.39 is 0 Å². The fourth-order valence-electron chi connectivity index (χ4n) is 0.665. The van der Waals surface area contributed by atoms with Gasteiger partial charge in [0.15, 0.2) is 0 Å². The van der Waals surface area contributed by atoms with Gasteiger partial charge in [-0.15, -0.1) is 0 Å². The van der Waals surface area contributed by atoms with Crippen molar-refractivity contribution in [1.82, 2.24) is 0 Å². The molecule has 3 nitrogen and oxygen atoms in total. The first-order valence-electron chi connectivity index (χ1n) is 2.78. The highest BCUT2D eigenvalue weighted by atomic mass is 16.1. The summed E-state index contributed by atoms with van der Waals surface area (Å²) in [5.41, 5.74) is 6.24. The van der Waals surface area contributed by atoms with Crippen LogP contribution in [-0.2, 0) is 4.79 Å². The lowest BCUT2D eigenvalue weighted by molar-refractivity contribution is -0.117. The van der Waals surface area contributed by atoms with Crippen LogP contribution in [0.5, 0.6) is 0 Å². The number of hydrogen-bond donors (Lipinski definition) is 1. The highest BCUT2D eigenvalue weighted by Gasteiger charge is 2.04. The molecular formula is C6H8N2O. The summed E-state index contributed by atoms with van der Waals surface area (Å²) in [6.45, 7) is 0.456. The molecule has 0 fully saturated rings. The van der Waals surface area contributed by atoms with Crippen molar-refractivity contribution in [3.05, 3.63) is 11.6 Å². The summed E-state index contributed by atoms with van der Waals surface area (Å²) in [6, 6.07) is 0. The van der Waals surface area contributed by atoms with Crippen LogP contribution in [-0.4, -0.2) is 18.7 Å². The number of rotatable bonds is 1. The van der Waals surface area contributed by atoms with Gasteiger partial charge in [-0.2, -0.15) is 0 Å². The second-order valence-electron chi connectivity index (χ2n) is 1.88. The second-order valence-corrected chi connectivity index (χ2v) is 1.88. The maximum absolute atomic E-state index is 10.5. The molecule has 0 bridgehead atoms. The minimum absolute atomic E-state index is 0.0991. The van der Waals surface area contributed by atoms with E-state index in [9.17, 15) is 4.79 Å². The van der Waals surface area contributed by atoms with Crippen molar-refractivity contribution >= 4 is 12.1 Å². The van der Waals surface area contributed by atoms with Crippen LogP contribution in [0.15, 0.2) is 16.6 Å². The zero-order valence-corrected chi connectivity index (χ0v) is 5.00. The number of carbonyl (C=O) groups is 1.